The molecule has 25 heavy (non-hydrogen) atoms. The number of rotatable bonds is 6. The first kappa shape index (κ1) is 17.2. The highest BCUT2D eigenvalue weighted by Crippen LogP contribution is 2.31. The molecule has 128 valence electrons. The molecule has 1 aliphatic heterocycles. The lowest BCUT2D eigenvalue weighted by Gasteiger charge is -2.12. The maximum Gasteiger partial charge on any atom is 0.221 e. The smallest absolute Gasteiger partial charge is 0.221 e. The molecular formula is C22H24N2O. The number of hydrogen-bond donors (Lipinski definition) is 1. The molecule has 0 bridgehead atoms. The van der Waals surface area contributed by atoms with Gasteiger partial charge in [0.05, 0.1) is 18.7 Å². The van der Waals surface area contributed by atoms with Crippen LogP contribution in [0.4, 0.5) is 0 Å². The number of nitrogens with two attached hydrogens (primary N) is 1. The zero-order chi connectivity index (χ0) is 17.8. The average Bonchev–Trinajstić information content (AvgIpc) is 3.04. The molecule has 3 heteroatoms. The summed E-state index contributed by atoms with van der Waals surface area (Å²) in [6.07, 6.45) is 2.28. The molecule has 2 aromatic rings. The first-order valence-corrected chi connectivity index (χ1v) is 8.86. The molecule has 1 aliphatic rings. The second-order valence-corrected chi connectivity index (χ2v) is 6.39. The van der Waals surface area contributed by atoms with Crippen molar-refractivity contribution >= 4 is 17.2 Å². The molecule has 0 fully saturated rings. The van der Waals surface area contributed by atoms with Crippen molar-refractivity contribution in [2.45, 2.75) is 33.1 Å². The molecule has 0 spiro atoms. The standard InChI is InChI=1S/C22H24N2O/c1-3-15-5-9-17(10-6-15)21-19(13-20(23)25)14-24-22(21)18-11-7-16(4-2)8-12-18/h5-12H,3-4,13-14H2,1-2H3,(H2,23,25). The Kier molecular flexibility index (Phi) is 5.13. The third kappa shape index (κ3) is 3.71. The minimum absolute atomic E-state index is 0.255. The van der Waals surface area contributed by atoms with Gasteiger partial charge in [-0.25, -0.2) is 0 Å². The van der Waals surface area contributed by atoms with Crippen molar-refractivity contribution in [3.05, 3.63) is 76.4 Å². The number of nitrogens with zero attached hydrogens (tertiary/aromatic N) is 1. The van der Waals surface area contributed by atoms with Gasteiger partial charge in [0.1, 0.15) is 0 Å². The highest BCUT2D eigenvalue weighted by molar-refractivity contribution is 6.34. The van der Waals surface area contributed by atoms with Crippen molar-refractivity contribution in [3.63, 3.8) is 0 Å². The van der Waals surface area contributed by atoms with Crippen LogP contribution in [0.15, 0.2) is 59.1 Å². The molecular weight excluding hydrogens is 308 g/mol. The maximum absolute atomic E-state index is 11.5. The van der Waals surface area contributed by atoms with Crippen LogP contribution in [0.25, 0.3) is 5.57 Å². The van der Waals surface area contributed by atoms with Crippen LogP contribution in [0, 0.1) is 0 Å². The van der Waals surface area contributed by atoms with E-state index in [0.29, 0.717) is 6.54 Å². The fourth-order valence-electron chi connectivity index (χ4n) is 3.24. The van der Waals surface area contributed by atoms with E-state index in [1.807, 2.05) is 0 Å². The van der Waals surface area contributed by atoms with Gasteiger partial charge in [-0.2, -0.15) is 0 Å². The van der Waals surface area contributed by atoms with E-state index in [2.05, 4.69) is 62.4 Å². The predicted octanol–water partition coefficient (Wildman–Crippen LogP) is 3.94. The molecule has 1 amide bonds. The van der Waals surface area contributed by atoms with E-state index in [0.717, 1.165) is 40.8 Å². The first-order valence-electron chi connectivity index (χ1n) is 8.86. The summed E-state index contributed by atoms with van der Waals surface area (Å²) in [6.45, 7) is 4.83. The minimum Gasteiger partial charge on any atom is -0.369 e. The third-order valence-electron chi connectivity index (χ3n) is 4.69. The molecule has 0 saturated carbocycles. The van der Waals surface area contributed by atoms with Crippen molar-refractivity contribution in [3.8, 4) is 0 Å². The summed E-state index contributed by atoms with van der Waals surface area (Å²) in [5, 5.41) is 0. The van der Waals surface area contributed by atoms with Crippen molar-refractivity contribution in [1.82, 2.24) is 0 Å². The first-order chi connectivity index (χ1) is 12.1. The lowest BCUT2D eigenvalue weighted by molar-refractivity contribution is -0.117. The summed E-state index contributed by atoms with van der Waals surface area (Å²) in [4.78, 5) is 16.2. The highest BCUT2D eigenvalue weighted by Gasteiger charge is 2.23. The van der Waals surface area contributed by atoms with Gasteiger partial charge < -0.3 is 5.73 Å². The van der Waals surface area contributed by atoms with Crippen LogP contribution in [0.3, 0.4) is 0 Å². The topological polar surface area (TPSA) is 55.4 Å². The molecule has 1 heterocycles. The molecule has 0 aliphatic carbocycles. The van der Waals surface area contributed by atoms with Crippen LogP contribution < -0.4 is 5.73 Å². The number of carbonyl (C=O) groups is 1. The lowest BCUT2D eigenvalue weighted by Crippen LogP contribution is -2.13. The number of aryl methyl sites for hydroxylation is 2. The molecule has 0 aromatic heterocycles. The molecule has 0 atom stereocenters. The summed E-state index contributed by atoms with van der Waals surface area (Å²) in [5.41, 5.74) is 13.3. The van der Waals surface area contributed by atoms with E-state index in [4.69, 9.17) is 10.7 Å². The van der Waals surface area contributed by atoms with Gasteiger partial charge in [-0.05, 0) is 35.1 Å². The summed E-state index contributed by atoms with van der Waals surface area (Å²) >= 11 is 0. The van der Waals surface area contributed by atoms with E-state index in [1.165, 1.54) is 11.1 Å². The van der Waals surface area contributed by atoms with Crippen LogP contribution >= 0.6 is 0 Å². The van der Waals surface area contributed by atoms with Crippen molar-refractivity contribution in [1.29, 1.82) is 0 Å². The zero-order valence-corrected chi connectivity index (χ0v) is 14.9. The largest absolute Gasteiger partial charge is 0.369 e. The van der Waals surface area contributed by atoms with Crippen LogP contribution in [-0.4, -0.2) is 18.2 Å². The van der Waals surface area contributed by atoms with Crippen molar-refractivity contribution in [2.24, 2.45) is 10.7 Å². The van der Waals surface area contributed by atoms with Gasteiger partial charge in [0.2, 0.25) is 5.91 Å². The number of allylic oxidation sites excluding steroid dienone is 1. The molecule has 0 saturated heterocycles. The fourth-order valence-corrected chi connectivity index (χ4v) is 3.24. The van der Waals surface area contributed by atoms with Gasteiger partial charge in [0.25, 0.3) is 0 Å². The van der Waals surface area contributed by atoms with Crippen LogP contribution in [-0.2, 0) is 17.6 Å². The Bertz CT molecular complexity index is 827. The Morgan fingerprint density at radius 3 is 1.92 bits per heavy atom. The average molecular weight is 332 g/mol. The summed E-state index contributed by atoms with van der Waals surface area (Å²) < 4.78 is 0. The van der Waals surface area contributed by atoms with E-state index < -0.39 is 0 Å². The number of amides is 1. The molecule has 3 nitrogen and oxygen atoms in total. The second-order valence-electron chi connectivity index (χ2n) is 6.39. The fraction of sp³-hybridized carbons (Fsp3) is 0.273. The number of primary amides is 1. The van der Waals surface area contributed by atoms with E-state index in [-0.39, 0.29) is 12.3 Å². The maximum atomic E-state index is 11.5. The number of carbonyl (C=O) groups excluding carboxylic acids is 1. The van der Waals surface area contributed by atoms with Gasteiger partial charge in [-0.3, -0.25) is 9.79 Å². The van der Waals surface area contributed by atoms with Gasteiger partial charge in [-0.1, -0.05) is 62.4 Å². The van der Waals surface area contributed by atoms with E-state index in [1.54, 1.807) is 0 Å². The van der Waals surface area contributed by atoms with Gasteiger partial charge in [0, 0.05) is 11.1 Å². The minimum atomic E-state index is -0.310. The Balaban J connectivity index is 2.03. The molecule has 2 N–H and O–H groups in total. The Labute approximate surface area is 149 Å². The SMILES string of the molecule is CCc1ccc(C2=NCC(CC(N)=O)=C2c2ccc(CC)cc2)cc1. The third-order valence-corrected chi connectivity index (χ3v) is 4.69. The quantitative estimate of drug-likeness (QED) is 0.856. The summed E-state index contributed by atoms with van der Waals surface area (Å²) in [7, 11) is 0. The van der Waals surface area contributed by atoms with Crippen molar-refractivity contribution < 1.29 is 4.79 Å². The lowest BCUT2D eigenvalue weighted by atomic mass is 9.91. The Hall–Kier alpha value is -2.68. The van der Waals surface area contributed by atoms with Crippen molar-refractivity contribution in [2.75, 3.05) is 6.54 Å². The molecule has 2 aromatic carbocycles. The van der Waals surface area contributed by atoms with Crippen LogP contribution in [0.5, 0.6) is 0 Å². The molecule has 0 unspecified atom stereocenters. The van der Waals surface area contributed by atoms with Crippen LogP contribution in [0.1, 0.15) is 42.5 Å². The molecule has 3 rings (SSSR count). The molecule has 0 radical (unpaired) electrons. The van der Waals surface area contributed by atoms with Gasteiger partial charge >= 0.3 is 0 Å². The monoisotopic (exact) mass is 332 g/mol. The summed E-state index contributed by atoms with van der Waals surface area (Å²) in [6, 6.07) is 17.0. The highest BCUT2D eigenvalue weighted by atomic mass is 16.1. The van der Waals surface area contributed by atoms with Gasteiger partial charge in [0.15, 0.2) is 0 Å². The van der Waals surface area contributed by atoms with Crippen LogP contribution in [0.2, 0.25) is 0 Å². The van der Waals surface area contributed by atoms with Gasteiger partial charge in [-0.15, -0.1) is 0 Å². The van der Waals surface area contributed by atoms with E-state index >= 15 is 0 Å². The Morgan fingerprint density at radius 2 is 1.44 bits per heavy atom. The summed E-state index contributed by atoms with van der Waals surface area (Å²) in [5.74, 6) is -0.310. The van der Waals surface area contributed by atoms with E-state index in [9.17, 15) is 4.79 Å². The number of aliphatic imine (C=N–C) groups is 1. The predicted molar refractivity (Wildman–Crippen MR) is 104 cm³/mol. The number of benzene rings is 2. The second kappa shape index (κ2) is 7.47. The number of hydrogen-bond acceptors (Lipinski definition) is 2. The normalized spacial score (nSPS) is 13.9. The zero-order valence-electron chi connectivity index (χ0n) is 14.9. The Morgan fingerprint density at radius 1 is 0.920 bits per heavy atom.